The van der Waals surface area contributed by atoms with Crippen molar-refractivity contribution >= 4 is 17.3 Å². The van der Waals surface area contributed by atoms with Crippen LogP contribution in [0.1, 0.15) is 17.2 Å². The van der Waals surface area contributed by atoms with Gasteiger partial charge in [0.25, 0.3) is 0 Å². The van der Waals surface area contributed by atoms with Gasteiger partial charge in [-0.15, -0.1) is 0 Å². The fourth-order valence-corrected chi connectivity index (χ4v) is 2.42. The summed E-state index contributed by atoms with van der Waals surface area (Å²) in [6.07, 6.45) is 0. The van der Waals surface area contributed by atoms with E-state index in [0.29, 0.717) is 16.5 Å². The van der Waals surface area contributed by atoms with Gasteiger partial charge in [-0.1, -0.05) is 17.7 Å². The van der Waals surface area contributed by atoms with Crippen LogP contribution in [-0.2, 0) is 0 Å². The fraction of sp³-hybridized carbons (Fsp3) is 0.250. The molecule has 0 saturated carbocycles. The molecular weight excluding hydrogens is 293 g/mol. The van der Waals surface area contributed by atoms with E-state index in [1.807, 2.05) is 19.1 Å². The number of anilines is 1. The van der Waals surface area contributed by atoms with Crippen molar-refractivity contribution in [3.8, 4) is 5.75 Å². The van der Waals surface area contributed by atoms with Gasteiger partial charge in [0.05, 0.1) is 24.8 Å². The predicted molar refractivity (Wildman–Crippen MR) is 82.6 cm³/mol. The SMILES string of the molecule is COc1ccc(C(CO)Nc2cc(C)cc(F)c2)cc1Cl. The van der Waals surface area contributed by atoms with Crippen LogP contribution in [0.3, 0.4) is 0 Å². The molecule has 2 N–H and O–H groups in total. The Kier molecular flexibility index (Phi) is 5.04. The second-order valence-electron chi connectivity index (χ2n) is 4.79. The molecule has 5 heteroatoms. The Labute approximate surface area is 128 Å². The minimum atomic E-state index is -0.380. The Bertz CT molecular complexity index is 613. The number of halogens is 2. The van der Waals surface area contributed by atoms with E-state index < -0.39 is 0 Å². The second-order valence-corrected chi connectivity index (χ2v) is 5.20. The molecule has 0 fully saturated rings. The molecule has 2 aromatic rings. The number of ether oxygens (including phenoxy) is 1. The van der Waals surface area contributed by atoms with Crippen molar-refractivity contribution in [3.63, 3.8) is 0 Å². The van der Waals surface area contributed by atoms with Crippen LogP contribution in [0, 0.1) is 12.7 Å². The molecule has 0 heterocycles. The minimum absolute atomic E-state index is 0.141. The van der Waals surface area contributed by atoms with Crippen molar-refractivity contribution in [1.29, 1.82) is 0 Å². The van der Waals surface area contributed by atoms with Crippen LogP contribution in [0.15, 0.2) is 36.4 Å². The van der Waals surface area contributed by atoms with Gasteiger partial charge in [0, 0.05) is 5.69 Å². The molecule has 0 spiro atoms. The van der Waals surface area contributed by atoms with Gasteiger partial charge in [0.2, 0.25) is 0 Å². The molecule has 2 aromatic carbocycles. The summed E-state index contributed by atoms with van der Waals surface area (Å²) in [6.45, 7) is 1.67. The lowest BCUT2D eigenvalue weighted by atomic mass is 10.1. The van der Waals surface area contributed by atoms with Crippen LogP contribution in [-0.4, -0.2) is 18.8 Å². The Morgan fingerprint density at radius 2 is 2.05 bits per heavy atom. The number of aryl methyl sites for hydroxylation is 1. The number of nitrogens with one attached hydrogen (secondary N) is 1. The molecule has 1 atom stereocenters. The second kappa shape index (κ2) is 6.78. The van der Waals surface area contributed by atoms with E-state index in [9.17, 15) is 9.50 Å². The van der Waals surface area contributed by atoms with Gasteiger partial charge in [-0.05, 0) is 48.4 Å². The lowest BCUT2D eigenvalue weighted by molar-refractivity contribution is 0.276. The van der Waals surface area contributed by atoms with Crippen LogP contribution >= 0.6 is 11.6 Å². The Balaban J connectivity index is 2.25. The van der Waals surface area contributed by atoms with Gasteiger partial charge in [0.15, 0.2) is 0 Å². The largest absolute Gasteiger partial charge is 0.495 e. The van der Waals surface area contributed by atoms with Crippen molar-refractivity contribution in [2.24, 2.45) is 0 Å². The van der Waals surface area contributed by atoms with Crippen molar-refractivity contribution in [3.05, 3.63) is 58.4 Å². The van der Waals surface area contributed by atoms with E-state index in [1.54, 1.807) is 12.1 Å². The molecular formula is C16H17ClFNO2. The number of hydrogen-bond donors (Lipinski definition) is 2. The molecule has 0 aliphatic carbocycles. The Morgan fingerprint density at radius 3 is 2.62 bits per heavy atom. The lowest BCUT2D eigenvalue weighted by Crippen LogP contribution is -2.15. The summed E-state index contributed by atoms with van der Waals surface area (Å²) in [7, 11) is 1.54. The summed E-state index contributed by atoms with van der Waals surface area (Å²) < 4.78 is 18.5. The molecule has 0 aliphatic rings. The van der Waals surface area contributed by atoms with Gasteiger partial charge in [-0.25, -0.2) is 4.39 Å². The zero-order chi connectivity index (χ0) is 15.4. The van der Waals surface area contributed by atoms with Crippen LogP contribution in [0.5, 0.6) is 5.75 Å². The maximum atomic E-state index is 13.4. The summed E-state index contributed by atoms with van der Waals surface area (Å²) in [4.78, 5) is 0. The van der Waals surface area contributed by atoms with Gasteiger partial charge in [-0.2, -0.15) is 0 Å². The summed E-state index contributed by atoms with van der Waals surface area (Å²) in [5, 5.41) is 13.1. The molecule has 0 amide bonds. The molecule has 0 saturated heterocycles. The Hall–Kier alpha value is -1.78. The Morgan fingerprint density at radius 1 is 1.29 bits per heavy atom. The number of rotatable bonds is 5. The van der Waals surface area contributed by atoms with Crippen LogP contribution in [0.25, 0.3) is 0 Å². The maximum Gasteiger partial charge on any atom is 0.137 e. The van der Waals surface area contributed by atoms with Crippen molar-refractivity contribution < 1.29 is 14.2 Å². The smallest absolute Gasteiger partial charge is 0.137 e. The van der Waals surface area contributed by atoms with Gasteiger partial charge in [-0.3, -0.25) is 0 Å². The number of benzene rings is 2. The highest BCUT2D eigenvalue weighted by Crippen LogP contribution is 2.29. The number of aliphatic hydroxyl groups excluding tert-OH is 1. The molecule has 0 radical (unpaired) electrons. The standard InChI is InChI=1S/C16H17ClFNO2/c1-10-5-12(18)8-13(6-10)19-15(9-20)11-3-4-16(21-2)14(17)7-11/h3-8,15,19-20H,9H2,1-2H3. The minimum Gasteiger partial charge on any atom is -0.495 e. The first kappa shape index (κ1) is 15.6. The highest BCUT2D eigenvalue weighted by molar-refractivity contribution is 6.32. The van der Waals surface area contributed by atoms with Gasteiger partial charge >= 0.3 is 0 Å². The first-order valence-corrected chi connectivity index (χ1v) is 6.89. The highest BCUT2D eigenvalue weighted by Gasteiger charge is 2.13. The quantitative estimate of drug-likeness (QED) is 0.879. The predicted octanol–water partition coefficient (Wildman–Crippen LogP) is 3.94. The zero-order valence-corrected chi connectivity index (χ0v) is 12.6. The van der Waals surface area contributed by atoms with Gasteiger partial charge < -0.3 is 15.2 Å². The van der Waals surface area contributed by atoms with E-state index in [1.165, 1.54) is 19.2 Å². The van der Waals surface area contributed by atoms with Crippen LogP contribution in [0.2, 0.25) is 5.02 Å². The first-order chi connectivity index (χ1) is 10.0. The average molecular weight is 310 g/mol. The lowest BCUT2D eigenvalue weighted by Gasteiger charge is -2.19. The van der Waals surface area contributed by atoms with E-state index in [4.69, 9.17) is 16.3 Å². The summed E-state index contributed by atoms with van der Waals surface area (Å²) in [5.74, 6) is 0.251. The molecule has 0 aliphatic heterocycles. The highest BCUT2D eigenvalue weighted by atomic mass is 35.5. The van der Waals surface area contributed by atoms with E-state index >= 15 is 0 Å². The fourth-order valence-electron chi connectivity index (χ4n) is 2.15. The van der Waals surface area contributed by atoms with Crippen molar-refractivity contribution in [1.82, 2.24) is 0 Å². The number of methoxy groups -OCH3 is 1. The van der Waals surface area contributed by atoms with E-state index in [0.717, 1.165) is 11.1 Å². The molecule has 112 valence electrons. The molecule has 0 aromatic heterocycles. The third kappa shape index (κ3) is 3.86. The normalized spacial score (nSPS) is 12.0. The first-order valence-electron chi connectivity index (χ1n) is 6.51. The summed E-state index contributed by atoms with van der Waals surface area (Å²) >= 11 is 6.09. The van der Waals surface area contributed by atoms with Crippen LogP contribution < -0.4 is 10.1 Å². The zero-order valence-electron chi connectivity index (χ0n) is 11.9. The van der Waals surface area contributed by atoms with Crippen LogP contribution in [0.4, 0.5) is 10.1 Å². The third-order valence-electron chi connectivity index (χ3n) is 3.14. The van der Waals surface area contributed by atoms with Crippen molar-refractivity contribution in [2.75, 3.05) is 19.0 Å². The number of hydrogen-bond acceptors (Lipinski definition) is 3. The summed E-state index contributed by atoms with van der Waals surface area (Å²) in [6, 6.07) is 9.54. The number of aliphatic hydroxyl groups is 1. The third-order valence-corrected chi connectivity index (χ3v) is 3.44. The monoisotopic (exact) mass is 309 g/mol. The summed E-state index contributed by atoms with van der Waals surface area (Å²) in [5.41, 5.74) is 2.21. The van der Waals surface area contributed by atoms with Gasteiger partial charge in [0.1, 0.15) is 11.6 Å². The van der Waals surface area contributed by atoms with E-state index in [-0.39, 0.29) is 18.5 Å². The topological polar surface area (TPSA) is 41.5 Å². The van der Waals surface area contributed by atoms with Crippen molar-refractivity contribution in [2.45, 2.75) is 13.0 Å². The molecule has 21 heavy (non-hydrogen) atoms. The molecule has 2 rings (SSSR count). The molecule has 3 nitrogen and oxygen atoms in total. The maximum absolute atomic E-state index is 13.4. The molecule has 0 bridgehead atoms. The molecule has 1 unspecified atom stereocenters. The van der Waals surface area contributed by atoms with E-state index in [2.05, 4.69) is 5.32 Å². The average Bonchev–Trinajstić information content (AvgIpc) is 2.43.